The third kappa shape index (κ3) is 76.9. The molecule has 0 aliphatic carbocycles. The van der Waals surface area contributed by atoms with Crippen molar-refractivity contribution >= 4 is 17.9 Å². The van der Waals surface area contributed by atoms with Crippen LogP contribution in [-0.4, -0.2) is 82.3 Å². The van der Waals surface area contributed by atoms with Gasteiger partial charge in [-0.2, -0.15) is 0 Å². The number of rotatable bonds is 73. The van der Waals surface area contributed by atoms with Crippen LogP contribution >= 0.6 is 0 Å². The molecule has 0 aromatic heterocycles. The summed E-state index contributed by atoms with van der Waals surface area (Å²) in [6.07, 6.45) is 105. The molecule has 0 spiro atoms. The lowest BCUT2D eigenvalue weighted by Gasteiger charge is -2.26. The molecule has 0 aromatic rings. The summed E-state index contributed by atoms with van der Waals surface area (Å²) in [5, 5.41) is 11.9. The van der Waals surface area contributed by atoms with Crippen molar-refractivity contribution in [1.82, 2.24) is 0 Å². The topological polar surface area (TPSA) is 111 Å². The molecule has 0 heterocycles. The number of likely N-dealkylation sites (N-methyl/N-ethyl adjacent to an activating group) is 1. The quantitative estimate of drug-likeness (QED) is 0.0195. The minimum absolute atomic E-state index is 0.146. The van der Waals surface area contributed by atoms with E-state index in [1.807, 2.05) is 21.1 Å². The number of esters is 2. The Bertz CT molecular complexity index is 1980. The van der Waals surface area contributed by atoms with E-state index in [0.29, 0.717) is 23.9 Å². The Labute approximate surface area is 587 Å². The van der Waals surface area contributed by atoms with Gasteiger partial charge in [-0.3, -0.25) is 9.59 Å². The van der Waals surface area contributed by atoms with Crippen molar-refractivity contribution in [3.63, 3.8) is 0 Å². The Kier molecular flexibility index (Phi) is 72.0. The molecule has 0 rings (SSSR count). The Morgan fingerprint density at radius 1 is 0.316 bits per heavy atom. The van der Waals surface area contributed by atoms with Crippen LogP contribution < -0.4 is 5.11 Å². The number of carboxylic acids is 1. The van der Waals surface area contributed by atoms with Crippen molar-refractivity contribution in [3.05, 3.63) is 122 Å². The normalized spacial score (nSPS) is 13.3. The summed E-state index contributed by atoms with van der Waals surface area (Å²) in [6.45, 7) is 4.56. The molecule has 2 unspecified atom stereocenters. The van der Waals surface area contributed by atoms with Crippen LogP contribution in [0.2, 0.25) is 0 Å². The van der Waals surface area contributed by atoms with Crippen LogP contribution in [0.15, 0.2) is 122 Å². The first-order chi connectivity index (χ1) is 46.6. The standard InChI is InChI=1S/C86H149NO8/c1-6-8-10-12-14-16-18-20-22-24-26-28-30-32-34-36-38-39-40-41-42-43-44-45-47-49-51-53-55-57-59-61-63-65-67-69-71-73-75-77-84(89)95-82(81-94-86(85(90)91)92-79-78-87(3,4)5)80-93-83(88)76-74-72-70-68-66-64-62-60-58-56-54-52-50-48-46-37-35-33-31-29-27-25-23-21-19-17-15-13-11-9-7-2/h8-11,14-17,20-23,26-29,32,34,38-39,82,86H,6-7,12-13,18-19,24-25,30-31,33,35-37,40-81H2,1-5H3/b10-8-,11-9-,16-14-,17-15-,22-20-,23-21-,28-26-,29-27-,34-32-,39-38-. The Balaban J connectivity index is 4.01. The SMILES string of the molecule is CC/C=C\C/C=C\C/C=C\C/C=C\C/C=C\C/C=C\CCCCCCCCCCCCCCCCCCCCCCC(=O)OC(COC(=O)CCCCCCCCCCCCCCCCCCCC/C=C\C/C=C\C/C=C\C/C=C\CC)COC(OCC[N+](C)(C)C)C(=O)[O-]. The minimum atomic E-state index is -1.63. The van der Waals surface area contributed by atoms with Gasteiger partial charge in [-0.1, -0.05) is 354 Å². The molecule has 546 valence electrons. The average Bonchev–Trinajstić information content (AvgIpc) is 2.92. The monoisotopic (exact) mass is 1320 g/mol. The molecule has 0 aliphatic heterocycles. The summed E-state index contributed by atoms with van der Waals surface area (Å²) in [5.74, 6) is -2.27. The molecular weight excluding hydrogens is 1170 g/mol. The number of quaternary nitrogens is 1. The van der Waals surface area contributed by atoms with Gasteiger partial charge in [0.05, 0.1) is 40.3 Å². The van der Waals surface area contributed by atoms with E-state index in [9.17, 15) is 19.5 Å². The zero-order chi connectivity index (χ0) is 69.0. The minimum Gasteiger partial charge on any atom is -0.545 e. The maximum Gasteiger partial charge on any atom is 0.306 e. The van der Waals surface area contributed by atoms with Crippen LogP contribution in [0.4, 0.5) is 0 Å². The van der Waals surface area contributed by atoms with E-state index >= 15 is 0 Å². The summed E-state index contributed by atoms with van der Waals surface area (Å²) in [4.78, 5) is 37.6. The van der Waals surface area contributed by atoms with Crippen molar-refractivity contribution < 1.29 is 42.9 Å². The van der Waals surface area contributed by atoms with E-state index in [1.165, 1.54) is 218 Å². The van der Waals surface area contributed by atoms with Crippen LogP contribution in [0.1, 0.15) is 348 Å². The fraction of sp³-hybridized carbons (Fsp3) is 0.733. The summed E-state index contributed by atoms with van der Waals surface area (Å²) in [6, 6.07) is 0. The second kappa shape index (κ2) is 75.5. The molecule has 9 nitrogen and oxygen atoms in total. The van der Waals surface area contributed by atoms with Crippen molar-refractivity contribution in [2.24, 2.45) is 0 Å². The highest BCUT2D eigenvalue weighted by atomic mass is 16.7. The Morgan fingerprint density at radius 2 is 0.568 bits per heavy atom. The smallest absolute Gasteiger partial charge is 0.306 e. The van der Waals surface area contributed by atoms with Crippen molar-refractivity contribution in [1.29, 1.82) is 0 Å². The molecule has 0 bridgehead atoms. The van der Waals surface area contributed by atoms with Gasteiger partial charge in [0.1, 0.15) is 13.2 Å². The molecule has 95 heavy (non-hydrogen) atoms. The summed E-state index contributed by atoms with van der Waals surface area (Å²) >= 11 is 0. The number of unbranched alkanes of at least 4 members (excludes halogenated alkanes) is 38. The first kappa shape index (κ1) is 90.7. The highest BCUT2D eigenvalue weighted by Crippen LogP contribution is 2.19. The lowest BCUT2D eigenvalue weighted by atomic mass is 10.0. The van der Waals surface area contributed by atoms with E-state index in [0.717, 1.165) is 96.3 Å². The molecule has 0 saturated carbocycles. The molecule has 0 fully saturated rings. The zero-order valence-corrected chi connectivity index (χ0v) is 62.5. The van der Waals surface area contributed by atoms with E-state index in [-0.39, 0.29) is 32.2 Å². The number of nitrogens with zero attached hydrogens (tertiary/aromatic N) is 1. The van der Waals surface area contributed by atoms with Crippen LogP contribution in [0.25, 0.3) is 0 Å². The fourth-order valence-electron chi connectivity index (χ4n) is 11.2. The summed E-state index contributed by atoms with van der Waals surface area (Å²) < 4.78 is 22.9. The highest BCUT2D eigenvalue weighted by molar-refractivity contribution is 5.70. The number of hydrogen-bond donors (Lipinski definition) is 0. The van der Waals surface area contributed by atoms with Gasteiger partial charge in [0.15, 0.2) is 12.4 Å². The van der Waals surface area contributed by atoms with Crippen molar-refractivity contribution in [2.45, 2.75) is 360 Å². The largest absolute Gasteiger partial charge is 0.545 e. The van der Waals surface area contributed by atoms with Crippen LogP contribution in [0, 0.1) is 0 Å². The molecule has 2 atom stereocenters. The number of allylic oxidation sites excluding steroid dienone is 20. The lowest BCUT2D eigenvalue weighted by molar-refractivity contribution is -0.870. The third-order valence-corrected chi connectivity index (χ3v) is 17.2. The molecule has 0 saturated heterocycles. The number of hydrogen-bond acceptors (Lipinski definition) is 8. The van der Waals surface area contributed by atoms with Crippen LogP contribution in [-0.2, 0) is 33.3 Å². The van der Waals surface area contributed by atoms with Crippen molar-refractivity contribution in [3.8, 4) is 0 Å². The van der Waals surface area contributed by atoms with Crippen molar-refractivity contribution in [2.75, 3.05) is 47.5 Å². The predicted molar refractivity (Wildman–Crippen MR) is 407 cm³/mol. The van der Waals surface area contributed by atoms with E-state index in [1.54, 1.807) is 0 Å². The first-order valence-electron chi connectivity index (χ1n) is 39.7. The Morgan fingerprint density at radius 3 is 0.842 bits per heavy atom. The number of carbonyl (C=O) groups is 3. The maximum absolute atomic E-state index is 13.0. The number of carboxylic acid groups (broad SMARTS) is 1. The van der Waals surface area contributed by atoms with Gasteiger partial charge in [-0.25, -0.2) is 0 Å². The van der Waals surface area contributed by atoms with Gasteiger partial charge in [-0.15, -0.1) is 0 Å². The summed E-state index contributed by atoms with van der Waals surface area (Å²) in [5.41, 5.74) is 0. The van der Waals surface area contributed by atoms with Gasteiger partial charge in [0.25, 0.3) is 0 Å². The zero-order valence-electron chi connectivity index (χ0n) is 62.5. The highest BCUT2D eigenvalue weighted by Gasteiger charge is 2.22. The number of ether oxygens (including phenoxy) is 4. The number of aliphatic carboxylic acids is 1. The van der Waals surface area contributed by atoms with Gasteiger partial charge in [0, 0.05) is 12.8 Å². The second-order valence-corrected chi connectivity index (χ2v) is 27.6. The lowest BCUT2D eigenvalue weighted by Crippen LogP contribution is -2.44. The Hall–Kier alpha value is -4.31. The first-order valence-corrected chi connectivity index (χ1v) is 39.7. The molecule has 0 radical (unpaired) electrons. The maximum atomic E-state index is 13.0. The van der Waals surface area contributed by atoms with Gasteiger partial charge in [-0.05, 0) is 103 Å². The molecule has 0 amide bonds. The fourth-order valence-corrected chi connectivity index (χ4v) is 11.2. The molecule has 0 N–H and O–H groups in total. The molecular formula is C86H149NO8. The third-order valence-electron chi connectivity index (χ3n) is 17.2. The molecule has 9 heteroatoms. The van der Waals surface area contributed by atoms with E-state index in [4.69, 9.17) is 18.9 Å². The van der Waals surface area contributed by atoms with E-state index < -0.39 is 24.3 Å². The molecule has 0 aromatic carbocycles. The number of carbonyl (C=O) groups excluding carboxylic acids is 3. The van der Waals surface area contributed by atoms with Gasteiger partial charge in [0.2, 0.25) is 0 Å². The van der Waals surface area contributed by atoms with Gasteiger partial charge >= 0.3 is 11.9 Å². The van der Waals surface area contributed by atoms with Crippen LogP contribution in [0.3, 0.4) is 0 Å². The molecule has 0 aliphatic rings. The van der Waals surface area contributed by atoms with Crippen LogP contribution in [0.5, 0.6) is 0 Å². The second-order valence-electron chi connectivity index (χ2n) is 27.6. The average molecular weight is 1330 g/mol. The van der Waals surface area contributed by atoms with Gasteiger partial charge < -0.3 is 33.3 Å². The van der Waals surface area contributed by atoms with E-state index in [2.05, 4.69) is 135 Å². The predicted octanol–water partition coefficient (Wildman–Crippen LogP) is 24.1. The summed E-state index contributed by atoms with van der Waals surface area (Å²) in [7, 11) is 5.94.